The Bertz CT molecular complexity index is 588. The van der Waals surface area contributed by atoms with Crippen LogP contribution in [0.15, 0.2) is 12.1 Å². The van der Waals surface area contributed by atoms with Crippen molar-refractivity contribution in [2.75, 3.05) is 13.6 Å². The summed E-state index contributed by atoms with van der Waals surface area (Å²) in [7, 11) is 2.14. The van der Waals surface area contributed by atoms with Crippen molar-refractivity contribution in [3.8, 4) is 11.5 Å². The Morgan fingerprint density at radius 2 is 2.05 bits per heavy atom. The number of rotatable bonds is 0. The molecule has 2 fully saturated rings. The zero-order valence-electron chi connectivity index (χ0n) is 12.4. The van der Waals surface area contributed by atoms with Gasteiger partial charge in [0, 0.05) is 22.9 Å². The monoisotopic (exact) mass is 289 g/mol. The number of hydrogen-bond acceptors (Lipinski definition) is 4. The zero-order chi connectivity index (χ0) is 14.8. The maximum absolute atomic E-state index is 10.6. The molecule has 3 N–H and O–H groups in total. The summed E-state index contributed by atoms with van der Waals surface area (Å²) in [6.07, 6.45) is 4.34. The van der Waals surface area contributed by atoms with E-state index in [0.29, 0.717) is 6.04 Å². The van der Waals surface area contributed by atoms with E-state index in [1.54, 1.807) is 6.07 Å². The molecule has 2 bridgehead atoms. The fraction of sp³-hybridized carbons (Fsp3) is 0.647. The highest BCUT2D eigenvalue weighted by atomic mass is 16.3. The third kappa shape index (κ3) is 1.63. The molecule has 21 heavy (non-hydrogen) atoms. The van der Waals surface area contributed by atoms with Crippen molar-refractivity contribution in [3.63, 3.8) is 0 Å². The fourth-order valence-electron chi connectivity index (χ4n) is 5.35. The van der Waals surface area contributed by atoms with Gasteiger partial charge in [-0.15, -0.1) is 0 Å². The lowest BCUT2D eigenvalue weighted by Gasteiger charge is -2.59. The van der Waals surface area contributed by atoms with Crippen LogP contribution >= 0.6 is 0 Å². The van der Waals surface area contributed by atoms with E-state index < -0.39 is 0 Å². The van der Waals surface area contributed by atoms with Crippen molar-refractivity contribution in [1.29, 1.82) is 0 Å². The van der Waals surface area contributed by atoms with Crippen molar-refractivity contribution < 1.29 is 15.3 Å². The van der Waals surface area contributed by atoms with Crippen LogP contribution in [0.3, 0.4) is 0 Å². The zero-order valence-corrected chi connectivity index (χ0v) is 12.4. The molecule has 1 saturated carbocycles. The predicted octanol–water partition coefficient (Wildman–Crippen LogP) is 1.76. The summed E-state index contributed by atoms with van der Waals surface area (Å²) in [4.78, 5) is 2.37. The molecule has 4 atom stereocenters. The van der Waals surface area contributed by atoms with Gasteiger partial charge in [0.15, 0.2) is 11.5 Å². The minimum absolute atomic E-state index is 0.0284. The summed E-state index contributed by atoms with van der Waals surface area (Å²) in [6, 6.07) is 3.89. The van der Waals surface area contributed by atoms with E-state index >= 15 is 0 Å². The van der Waals surface area contributed by atoms with Crippen molar-refractivity contribution in [3.05, 3.63) is 23.3 Å². The van der Waals surface area contributed by atoms with Crippen LogP contribution in [-0.2, 0) is 11.8 Å². The minimum atomic E-state index is -0.304. The van der Waals surface area contributed by atoms with Crippen molar-refractivity contribution in [2.24, 2.45) is 5.92 Å². The predicted molar refractivity (Wildman–Crippen MR) is 79.5 cm³/mol. The second-order valence-electron chi connectivity index (χ2n) is 7.11. The Kier molecular flexibility index (Phi) is 2.79. The van der Waals surface area contributed by atoms with E-state index in [-0.39, 0.29) is 28.9 Å². The van der Waals surface area contributed by atoms with E-state index in [9.17, 15) is 15.3 Å². The number of aliphatic hydroxyl groups excluding tert-OH is 1. The number of hydrogen-bond donors (Lipinski definition) is 3. The normalized spacial score (nSPS) is 38.7. The van der Waals surface area contributed by atoms with Crippen LogP contribution in [0.4, 0.5) is 0 Å². The second kappa shape index (κ2) is 4.37. The molecule has 1 saturated heterocycles. The van der Waals surface area contributed by atoms with Gasteiger partial charge in [-0.3, -0.25) is 0 Å². The molecule has 0 amide bonds. The van der Waals surface area contributed by atoms with E-state index in [4.69, 9.17) is 0 Å². The Hall–Kier alpha value is -1.26. The van der Waals surface area contributed by atoms with Gasteiger partial charge in [-0.25, -0.2) is 0 Å². The first kappa shape index (κ1) is 13.4. The maximum Gasteiger partial charge on any atom is 0.161 e. The lowest BCUT2D eigenvalue weighted by molar-refractivity contribution is -0.0754. The molecule has 4 heteroatoms. The molecule has 3 aliphatic rings. The van der Waals surface area contributed by atoms with Gasteiger partial charge in [0.2, 0.25) is 0 Å². The standard InChI is InChI=1S/C17H23NO3/c1-18-8-7-17-6-2-3-12(19)15(17)11(18)9-10-4-5-13(20)16(21)14(10)17/h4-5,11-12,15,19-21H,2-3,6-9H2,1H3/t11-,12+,15-,17+/m1/s1. The molecule has 114 valence electrons. The van der Waals surface area contributed by atoms with Gasteiger partial charge in [-0.05, 0) is 57.3 Å². The Labute approximate surface area is 125 Å². The van der Waals surface area contributed by atoms with Crippen molar-refractivity contribution in [2.45, 2.75) is 49.7 Å². The molecule has 4 nitrogen and oxygen atoms in total. The van der Waals surface area contributed by atoms with E-state index in [2.05, 4.69) is 11.9 Å². The first-order valence-corrected chi connectivity index (χ1v) is 7.97. The minimum Gasteiger partial charge on any atom is -0.504 e. The van der Waals surface area contributed by atoms with Gasteiger partial charge in [0.1, 0.15) is 0 Å². The molecule has 1 heterocycles. The highest BCUT2D eigenvalue weighted by Crippen LogP contribution is 2.58. The Morgan fingerprint density at radius 1 is 1.24 bits per heavy atom. The summed E-state index contributed by atoms with van der Waals surface area (Å²) < 4.78 is 0. The highest BCUT2D eigenvalue weighted by molar-refractivity contribution is 5.56. The third-order valence-corrected chi connectivity index (χ3v) is 6.24. The molecule has 1 aliphatic heterocycles. The lowest BCUT2D eigenvalue weighted by atomic mass is 9.51. The molecule has 0 spiro atoms. The lowest BCUT2D eigenvalue weighted by Crippen LogP contribution is -2.63. The quantitative estimate of drug-likeness (QED) is 0.637. The third-order valence-electron chi connectivity index (χ3n) is 6.24. The molecule has 1 aromatic carbocycles. The van der Waals surface area contributed by atoms with Crippen molar-refractivity contribution in [1.82, 2.24) is 4.90 Å². The first-order valence-electron chi connectivity index (χ1n) is 7.97. The topological polar surface area (TPSA) is 63.9 Å². The largest absolute Gasteiger partial charge is 0.504 e. The molecule has 0 aromatic heterocycles. The van der Waals surface area contributed by atoms with Crippen LogP contribution in [0.2, 0.25) is 0 Å². The van der Waals surface area contributed by atoms with Crippen LogP contribution in [0.1, 0.15) is 36.8 Å². The van der Waals surface area contributed by atoms with Gasteiger partial charge in [0.25, 0.3) is 0 Å². The molecular weight excluding hydrogens is 266 g/mol. The number of likely N-dealkylation sites (tertiary alicyclic amines) is 1. The second-order valence-corrected chi connectivity index (χ2v) is 7.11. The van der Waals surface area contributed by atoms with E-state index in [0.717, 1.165) is 49.8 Å². The number of piperidine rings is 1. The number of nitrogens with zero attached hydrogens (tertiary/aromatic N) is 1. The average molecular weight is 289 g/mol. The first-order chi connectivity index (χ1) is 10.0. The Morgan fingerprint density at radius 3 is 2.86 bits per heavy atom. The molecule has 0 radical (unpaired) electrons. The van der Waals surface area contributed by atoms with Crippen LogP contribution in [0, 0.1) is 5.92 Å². The number of benzene rings is 1. The molecule has 0 unspecified atom stereocenters. The average Bonchev–Trinajstić information content (AvgIpc) is 2.47. The van der Waals surface area contributed by atoms with Gasteiger partial charge in [-0.1, -0.05) is 6.07 Å². The summed E-state index contributed by atoms with van der Waals surface area (Å²) in [6.45, 7) is 0.989. The fourth-order valence-corrected chi connectivity index (χ4v) is 5.35. The number of likely N-dealkylation sites (N-methyl/N-ethyl adjacent to an activating group) is 1. The molecule has 4 rings (SSSR count). The number of aromatic hydroxyl groups is 2. The summed E-state index contributed by atoms with van der Waals surface area (Å²) in [5.41, 5.74) is 1.91. The highest BCUT2D eigenvalue weighted by Gasteiger charge is 2.57. The smallest absolute Gasteiger partial charge is 0.161 e. The maximum atomic E-state index is 10.6. The summed E-state index contributed by atoms with van der Waals surface area (Å²) in [5.74, 6) is 0.194. The molecular formula is C17H23NO3. The number of phenolic OH excluding ortho intramolecular Hbond substituents is 2. The van der Waals surface area contributed by atoms with Gasteiger partial charge >= 0.3 is 0 Å². The van der Waals surface area contributed by atoms with Gasteiger partial charge in [0.05, 0.1) is 6.10 Å². The Balaban J connectivity index is 1.96. The number of aliphatic hydroxyl groups is 1. The SMILES string of the molecule is CN1CC[C@]23CCC[C@H](O)[C@H]2[C@H]1Cc1ccc(O)c(O)c13. The van der Waals surface area contributed by atoms with Gasteiger partial charge < -0.3 is 20.2 Å². The number of fused-ring (bicyclic) bond motifs is 1. The van der Waals surface area contributed by atoms with Gasteiger partial charge in [-0.2, -0.15) is 0 Å². The van der Waals surface area contributed by atoms with Crippen molar-refractivity contribution >= 4 is 0 Å². The summed E-state index contributed by atoms with van der Waals surface area (Å²) >= 11 is 0. The van der Waals surface area contributed by atoms with Crippen LogP contribution in [0.25, 0.3) is 0 Å². The molecule has 2 aliphatic carbocycles. The molecule has 1 aromatic rings. The summed E-state index contributed by atoms with van der Waals surface area (Å²) in [5, 5.41) is 31.1. The number of phenols is 2. The van der Waals surface area contributed by atoms with Crippen LogP contribution < -0.4 is 0 Å². The van der Waals surface area contributed by atoms with Crippen LogP contribution in [0.5, 0.6) is 11.5 Å². The van der Waals surface area contributed by atoms with E-state index in [1.807, 2.05) is 6.07 Å². The van der Waals surface area contributed by atoms with E-state index in [1.165, 1.54) is 0 Å². The van der Waals surface area contributed by atoms with Crippen LogP contribution in [-0.4, -0.2) is 46.0 Å².